The highest BCUT2D eigenvalue weighted by Gasteiger charge is 2.38. The first-order valence-electron chi connectivity index (χ1n) is 8.32. The summed E-state index contributed by atoms with van der Waals surface area (Å²) < 4.78 is 39.4. The molecule has 24 heavy (non-hydrogen) atoms. The van der Waals surface area contributed by atoms with Crippen LogP contribution in [-0.4, -0.2) is 78.3 Å². The van der Waals surface area contributed by atoms with E-state index < -0.39 is 17.8 Å². The third-order valence-electron chi connectivity index (χ3n) is 5.06. The Morgan fingerprint density at radius 1 is 1.08 bits per heavy atom. The number of piperazine rings is 1. The van der Waals surface area contributed by atoms with Crippen molar-refractivity contribution in [3.8, 4) is 0 Å². The summed E-state index contributed by atoms with van der Waals surface area (Å²) in [6.45, 7) is 4.95. The van der Waals surface area contributed by atoms with Crippen LogP contribution in [-0.2, 0) is 12.7 Å². The molecule has 1 aromatic rings. The van der Waals surface area contributed by atoms with E-state index in [1.54, 1.807) is 6.07 Å². The quantitative estimate of drug-likeness (QED) is 0.901. The number of likely N-dealkylation sites (tertiary alicyclic amines) is 1. The van der Waals surface area contributed by atoms with Crippen LogP contribution in [0.25, 0.3) is 0 Å². The predicted octanol–water partition coefficient (Wildman–Crippen LogP) is 1.50. The van der Waals surface area contributed by atoms with Gasteiger partial charge in [-0.15, -0.1) is 0 Å². The maximum Gasteiger partial charge on any atom is 0.416 e. The fraction of sp³-hybridized carbons (Fsp3) is 0.647. The molecule has 7 heteroatoms. The third-order valence-corrected chi connectivity index (χ3v) is 5.06. The topological polar surface area (TPSA) is 30.0 Å². The Hall–Kier alpha value is -1.15. The summed E-state index contributed by atoms with van der Waals surface area (Å²) in [4.78, 5) is 6.44. The number of likely N-dealkylation sites (N-methyl/N-ethyl adjacent to an activating group) is 1. The molecule has 0 radical (unpaired) electrons. The van der Waals surface area contributed by atoms with Gasteiger partial charge in [-0.05, 0) is 18.7 Å². The number of hydrogen-bond acceptors (Lipinski definition) is 4. The molecule has 0 unspecified atom stereocenters. The molecule has 2 atom stereocenters. The van der Waals surface area contributed by atoms with Gasteiger partial charge in [-0.3, -0.25) is 9.80 Å². The summed E-state index contributed by atoms with van der Waals surface area (Å²) in [5, 5.41) is 10.4. The van der Waals surface area contributed by atoms with Gasteiger partial charge in [0.1, 0.15) is 0 Å². The lowest BCUT2D eigenvalue weighted by Crippen LogP contribution is -2.52. The fourth-order valence-corrected chi connectivity index (χ4v) is 3.66. The van der Waals surface area contributed by atoms with Crippen molar-refractivity contribution in [1.82, 2.24) is 14.7 Å². The van der Waals surface area contributed by atoms with Gasteiger partial charge in [-0.2, -0.15) is 13.2 Å². The molecule has 0 spiro atoms. The van der Waals surface area contributed by atoms with Crippen LogP contribution in [0.1, 0.15) is 11.1 Å². The zero-order valence-corrected chi connectivity index (χ0v) is 13.8. The Kier molecular flexibility index (Phi) is 5.15. The molecule has 4 nitrogen and oxygen atoms in total. The van der Waals surface area contributed by atoms with Crippen LogP contribution >= 0.6 is 0 Å². The monoisotopic (exact) mass is 343 g/mol. The van der Waals surface area contributed by atoms with Crippen molar-refractivity contribution in [1.29, 1.82) is 0 Å². The smallest absolute Gasteiger partial charge is 0.390 e. The van der Waals surface area contributed by atoms with E-state index in [0.29, 0.717) is 13.1 Å². The van der Waals surface area contributed by atoms with Gasteiger partial charge in [0, 0.05) is 51.9 Å². The Morgan fingerprint density at radius 2 is 1.75 bits per heavy atom. The van der Waals surface area contributed by atoms with Crippen molar-refractivity contribution in [2.24, 2.45) is 0 Å². The first-order chi connectivity index (χ1) is 11.3. The van der Waals surface area contributed by atoms with Crippen molar-refractivity contribution < 1.29 is 18.3 Å². The SMILES string of the molecule is CN1CCN([C@H]2CN(Cc3ccccc3C(F)(F)F)C[C@@H]2O)CC1. The van der Waals surface area contributed by atoms with Crippen LogP contribution in [0.3, 0.4) is 0 Å². The molecular weight excluding hydrogens is 319 g/mol. The van der Waals surface area contributed by atoms with Crippen LogP contribution in [0.2, 0.25) is 0 Å². The molecule has 0 saturated carbocycles. The maximum atomic E-state index is 13.1. The van der Waals surface area contributed by atoms with Crippen molar-refractivity contribution in [3.05, 3.63) is 35.4 Å². The van der Waals surface area contributed by atoms with Gasteiger partial charge in [-0.25, -0.2) is 0 Å². The lowest BCUT2D eigenvalue weighted by Gasteiger charge is -2.37. The van der Waals surface area contributed by atoms with E-state index in [0.717, 1.165) is 32.2 Å². The van der Waals surface area contributed by atoms with Gasteiger partial charge in [0.15, 0.2) is 0 Å². The molecule has 134 valence electrons. The Labute approximate surface area is 140 Å². The summed E-state index contributed by atoms with van der Waals surface area (Å²) >= 11 is 0. The van der Waals surface area contributed by atoms with Crippen molar-refractivity contribution in [2.45, 2.75) is 24.9 Å². The van der Waals surface area contributed by atoms with E-state index >= 15 is 0 Å². The number of halogens is 3. The molecule has 2 saturated heterocycles. The summed E-state index contributed by atoms with van der Waals surface area (Å²) in [6, 6.07) is 5.71. The molecule has 2 fully saturated rings. The van der Waals surface area contributed by atoms with Gasteiger partial charge in [0.25, 0.3) is 0 Å². The maximum absolute atomic E-state index is 13.1. The molecule has 3 rings (SSSR count). The van der Waals surface area contributed by atoms with Gasteiger partial charge in [0.2, 0.25) is 0 Å². The number of aliphatic hydroxyl groups excluding tert-OH is 1. The third kappa shape index (κ3) is 3.91. The average Bonchev–Trinajstić information content (AvgIpc) is 2.88. The molecule has 2 aliphatic heterocycles. The zero-order valence-electron chi connectivity index (χ0n) is 13.8. The van der Waals surface area contributed by atoms with E-state index in [1.165, 1.54) is 12.1 Å². The van der Waals surface area contributed by atoms with Crippen LogP contribution in [0.15, 0.2) is 24.3 Å². The summed E-state index contributed by atoms with van der Waals surface area (Å²) in [5.41, 5.74) is -0.307. The zero-order chi connectivity index (χ0) is 17.3. The minimum absolute atomic E-state index is 0.0109. The van der Waals surface area contributed by atoms with Gasteiger partial charge < -0.3 is 10.0 Å². The molecule has 1 aromatic carbocycles. The summed E-state index contributed by atoms with van der Waals surface area (Å²) in [7, 11) is 2.07. The first-order valence-corrected chi connectivity index (χ1v) is 8.32. The first kappa shape index (κ1) is 17.7. The van der Waals surface area contributed by atoms with Gasteiger partial charge in [0.05, 0.1) is 11.7 Å². The number of benzene rings is 1. The van der Waals surface area contributed by atoms with Gasteiger partial charge in [-0.1, -0.05) is 18.2 Å². The number of alkyl halides is 3. The molecule has 0 aromatic heterocycles. The van der Waals surface area contributed by atoms with E-state index in [9.17, 15) is 18.3 Å². The minimum atomic E-state index is -4.34. The van der Waals surface area contributed by atoms with E-state index in [4.69, 9.17) is 0 Å². The molecule has 1 N–H and O–H groups in total. The van der Waals surface area contributed by atoms with Crippen LogP contribution in [0.4, 0.5) is 13.2 Å². The molecule has 2 aliphatic rings. The molecule has 0 bridgehead atoms. The van der Waals surface area contributed by atoms with E-state index in [-0.39, 0.29) is 18.2 Å². The highest BCUT2D eigenvalue weighted by atomic mass is 19.4. The average molecular weight is 343 g/mol. The Balaban J connectivity index is 1.66. The van der Waals surface area contributed by atoms with Crippen molar-refractivity contribution >= 4 is 0 Å². The van der Waals surface area contributed by atoms with E-state index in [2.05, 4.69) is 16.8 Å². The summed E-state index contributed by atoms with van der Waals surface area (Å²) in [5.74, 6) is 0. The highest BCUT2D eigenvalue weighted by Crippen LogP contribution is 2.33. The predicted molar refractivity (Wildman–Crippen MR) is 85.6 cm³/mol. The molecule has 0 aliphatic carbocycles. The van der Waals surface area contributed by atoms with Crippen molar-refractivity contribution in [3.63, 3.8) is 0 Å². The number of rotatable bonds is 3. The van der Waals surface area contributed by atoms with E-state index in [1.807, 2.05) is 4.90 Å². The highest BCUT2D eigenvalue weighted by molar-refractivity contribution is 5.29. The largest absolute Gasteiger partial charge is 0.416 e. The minimum Gasteiger partial charge on any atom is -0.390 e. The van der Waals surface area contributed by atoms with Gasteiger partial charge >= 0.3 is 6.18 Å². The second kappa shape index (κ2) is 7.00. The lowest BCUT2D eigenvalue weighted by molar-refractivity contribution is -0.138. The molecular formula is C17H24F3N3O. The Morgan fingerprint density at radius 3 is 2.42 bits per heavy atom. The number of aliphatic hydroxyl groups is 1. The Bertz CT molecular complexity index is 558. The number of hydrogen-bond donors (Lipinski definition) is 1. The summed E-state index contributed by atoms with van der Waals surface area (Å²) in [6.07, 6.45) is -4.85. The standard InChI is InChI=1S/C17H24F3N3O/c1-21-6-8-23(9-7-21)15-11-22(12-16(15)24)10-13-4-2-3-5-14(13)17(18,19)20/h2-5,15-16,24H,6-12H2,1H3/t15-,16-/m0/s1. The number of nitrogens with zero attached hydrogens (tertiary/aromatic N) is 3. The molecule has 0 amide bonds. The van der Waals surface area contributed by atoms with Crippen LogP contribution < -0.4 is 0 Å². The fourth-order valence-electron chi connectivity index (χ4n) is 3.66. The molecule has 2 heterocycles. The normalized spacial score (nSPS) is 27.7. The second-order valence-corrected chi connectivity index (χ2v) is 6.82. The van der Waals surface area contributed by atoms with Crippen molar-refractivity contribution in [2.75, 3.05) is 46.3 Å². The van der Waals surface area contributed by atoms with Crippen LogP contribution in [0.5, 0.6) is 0 Å². The second-order valence-electron chi connectivity index (χ2n) is 6.82. The van der Waals surface area contributed by atoms with Crippen LogP contribution in [0, 0.1) is 0 Å². The number of β-amino-alcohol motifs (C(OH)–C–C–N with tert-alkyl or cyclic N) is 1. The lowest BCUT2D eigenvalue weighted by atomic mass is 10.1.